The minimum absolute atomic E-state index is 0.257. The van der Waals surface area contributed by atoms with E-state index in [0.717, 1.165) is 31.2 Å². The van der Waals surface area contributed by atoms with Crippen LogP contribution in [0, 0.1) is 0 Å². The van der Waals surface area contributed by atoms with Gasteiger partial charge in [0.25, 0.3) is 0 Å². The Morgan fingerprint density at radius 2 is 2.40 bits per heavy atom. The monoisotopic (exact) mass is 273 g/mol. The topological polar surface area (TPSA) is 54.7 Å². The minimum atomic E-state index is 0.257. The molecule has 0 bridgehead atoms. The van der Waals surface area contributed by atoms with Gasteiger partial charge in [0.05, 0.1) is 18.9 Å². The Morgan fingerprint density at radius 3 is 3.40 bits per heavy atom. The Morgan fingerprint density at radius 1 is 1.40 bits per heavy atom. The van der Waals surface area contributed by atoms with E-state index in [1.807, 2.05) is 18.3 Å². The van der Waals surface area contributed by atoms with Crippen molar-refractivity contribution in [3.8, 4) is 0 Å². The molecule has 2 aromatic heterocycles. The maximum Gasteiger partial charge on any atom is 0.157 e. The summed E-state index contributed by atoms with van der Waals surface area (Å²) in [5.74, 6) is 0.880. The molecule has 4 heterocycles. The standard InChI is InChI=1S/C14H19N5O/c1-2-11-10-20-12(9-18(11)6-1)8-15-13-4-7-19-14(17-13)3-5-16-19/h3-5,7,11-12H,1-2,6,8-10H2,(H,15,17). The van der Waals surface area contributed by atoms with E-state index in [-0.39, 0.29) is 6.10 Å². The number of morpholine rings is 1. The summed E-state index contributed by atoms with van der Waals surface area (Å²) in [5.41, 5.74) is 0.860. The van der Waals surface area contributed by atoms with Crippen molar-refractivity contribution in [3.63, 3.8) is 0 Å². The van der Waals surface area contributed by atoms with E-state index in [9.17, 15) is 0 Å². The SMILES string of the molecule is c1cc2nc(NCC3CN4CCCC4CO3)ccn2n1. The average Bonchev–Trinajstić information content (AvgIpc) is 3.12. The van der Waals surface area contributed by atoms with Crippen molar-refractivity contribution < 1.29 is 4.74 Å². The molecule has 106 valence electrons. The van der Waals surface area contributed by atoms with Crippen molar-refractivity contribution >= 4 is 11.5 Å². The molecule has 0 saturated carbocycles. The van der Waals surface area contributed by atoms with Crippen LogP contribution in [0.25, 0.3) is 5.65 Å². The van der Waals surface area contributed by atoms with Gasteiger partial charge in [-0.15, -0.1) is 0 Å². The number of ether oxygens (including phenoxy) is 1. The van der Waals surface area contributed by atoms with Crippen molar-refractivity contribution in [1.82, 2.24) is 19.5 Å². The van der Waals surface area contributed by atoms with Gasteiger partial charge in [-0.1, -0.05) is 0 Å². The first-order valence-electron chi connectivity index (χ1n) is 7.28. The third kappa shape index (κ3) is 2.25. The van der Waals surface area contributed by atoms with E-state index in [0.29, 0.717) is 6.04 Å². The van der Waals surface area contributed by atoms with Crippen LogP contribution in [-0.4, -0.2) is 57.9 Å². The highest BCUT2D eigenvalue weighted by atomic mass is 16.5. The van der Waals surface area contributed by atoms with Crippen LogP contribution in [0.4, 0.5) is 5.82 Å². The number of aromatic nitrogens is 3. The Bertz CT molecular complexity index is 598. The third-order valence-electron chi connectivity index (χ3n) is 4.23. The second kappa shape index (κ2) is 5.03. The summed E-state index contributed by atoms with van der Waals surface area (Å²) in [4.78, 5) is 7.07. The molecule has 2 aliphatic heterocycles. The van der Waals surface area contributed by atoms with Gasteiger partial charge in [0, 0.05) is 31.4 Å². The molecule has 0 radical (unpaired) electrons. The molecule has 2 atom stereocenters. The lowest BCUT2D eigenvalue weighted by atomic mass is 10.2. The Balaban J connectivity index is 1.37. The number of rotatable bonds is 3. The molecule has 1 N–H and O–H groups in total. The smallest absolute Gasteiger partial charge is 0.157 e. The molecule has 6 nitrogen and oxygen atoms in total. The molecule has 6 heteroatoms. The van der Waals surface area contributed by atoms with E-state index >= 15 is 0 Å². The highest BCUT2D eigenvalue weighted by Gasteiger charge is 2.31. The molecule has 4 rings (SSSR count). The molecule has 2 unspecified atom stereocenters. The van der Waals surface area contributed by atoms with Gasteiger partial charge in [0.1, 0.15) is 5.82 Å². The lowest BCUT2D eigenvalue weighted by molar-refractivity contribution is -0.0416. The number of nitrogens with one attached hydrogen (secondary N) is 1. The van der Waals surface area contributed by atoms with Gasteiger partial charge in [0.2, 0.25) is 0 Å². The van der Waals surface area contributed by atoms with E-state index in [1.165, 1.54) is 19.4 Å². The van der Waals surface area contributed by atoms with Gasteiger partial charge in [-0.3, -0.25) is 4.90 Å². The summed E-state index contributed by atoms with van der Waals surface area (Å²) in [7, 11) is 0. The molecular weight excluding hydrogens is 254 g/mol. The minimum Gasteiger partial charge on any atom is -0.373 e. The highest BCUT2D eigenvalue weighted by Crippen LogP contribution is 2.22. The summed E-state index contributed by atoms with van der Waals surface area (Å²) in [5, 5.41) is 7.51. The second-order valence-electron chi connectivity index (χ2n) is 5.57. The lowest BCUT2D eigenvalue weighted by Crippen LogP contribution is -2.48. The summed E-state index contributed by atoms with van der Waals surface area (Å²) < 4.78 is 7.70. The van der Waals surface area contributed by atoms with Crippen LogP contribution in [0.15, 0.2) is 24.5 Å². The number of anilines is 1. The summed E-state index contributed by atoms with van der Waals surface area (Å²) in [6.07, 6.45) is 6.53. The fraction of sp³-hybridized carbons (Fsp3) is 0.571. The maximum atomic E-state index is 5.94. The van der Waals surface area contributed by atoms with E-state index in [2.05, 4.69) is 20.3 Å². The first-order valence-corrected chi connectivity index (χ1v) is 7.28. The van der Waals surface area contributed by atoms with E-state index < -0.39 is 0 Å². The van der Waals surface area contributed by atoms with Crippen LogP contribution in [-0.2, 0) is 4.74 Å². The summed E-state index contributed by atoms with van der Waals surface area (Å²) in [6.45, 7) is 3.94. The van der Waals surface area contributed by atoms with E-state index in [1.54, 1.807) is 10.7 Å². The first-order chi connectivity index (χ1) is 9.88. The first kappa shape index (κ1) is 12.1. The number of hydrogen-bond acceptors (Lipinski definition) is 5. The van der Waals surface area contributed by atoms with Crippen LogP contribution in [0.2, 0.25) is 0 Å². The normalized spacial score (nSPS) is 26.8. The van der Waals surface area contributed by atoms with Crippen molar-refractivity contribution in [2.24, 2.45) is 0 Å². The molecule has 2 saturated heterocycles. The van der Waals surface area contributed by atoms with Gasteiger partial charge in [-0.2, -0.15) is 5.10 Å². The van der Waals surface area contributed by atoms with Gasteiger partial charge < -0.3 is 10.1 Å². The number of hydrogen-bond donors (Lipinski definition) is 1. The Kier molecular flexibility index (Phi) is 3.05. The molecule has 0 amide bonds. The summed E-state index contributed by atoms with van der Waals surface area (Å²) >= 11 is 0. The van der Waals surface area contributed by atoms with Gasteiger partial charge in [0.15, 0.2) is 5.65 Å². The molecule has 0 aliphatic carbocycles. The molecule has 2 fully saturated rings. The molecular formula is C14H19N5O. The predicted octanol–water partition coefficient (Wildman–Crippen LogP) is 1.00. The zero-order valence-electron chi connectivity index (χ0n) is 11.4. The van der Waals surface area contributed by atoms with Gasteiger partial charge >= 0.3 is 0 Å². The van der Waals surface area contributed by atoms with Crippen molar-refractivity contribution in [3.05, 3.63) is 24.5 Å². The number of fused-ring (bicyclic) bond motifs is 2. The summed E-state index contributed by atoms with van der Waals surface area (Å²) in [6, 6.07) is 4.51. The van der Waals surface area contributed by atoms with Crippen LogP contribution in [0.5, 0.6) is 0 Å². The zero-order chi connectivity index (χ0) is 13.4. The molecule has 2 aromatic rings. The van der Waals surface area contributed by atoms with E-state index in [4.69, 9.17) is 4.74 Å². The van der Waals surface area contributed by atoms with Crippen LogP contribution in [0.3, 0.4) is 0 Å². The largest absolute Gasteiger partial charge is 0.373 e. The fourth-order valence-corrected chi connectivity index (χ4v) is 3.14. The van der Waals surface area contributed by atoms with Crippen molar-refractivity contribution in [2.75, 3.05) is 31.6 Å². The molecule has 20 heavy (non-hydrogen) atoms. The number of nitrogens with zero attached hydrogens (tertiary/aromatic N) is 4. The fourth-order valence-electron chi connectivity index (χ4n) is 3.14. The molecule has 0 aromatic carbocycles. The zero-order valence-corrected chi connectivity index (χ0v) is 11.4. The molecule has 2 aliphatic rings. The highest BCUT2D eigenvalue weighted by molar-refractivity contribution is 5.45. The molecule has 0 spiro atoms. The second-order valence-corrected chi connectivity index (χ2v) is 5.57. The van der Waals surface area contributed by atoms with Crippen molar-refractivity contribution in [2.45, 2.75) is 25.0 Å². The van der Waals surface area contributed by atoms with Crippen LogP contribution < -0.4 is 5.32 Å². The Hall–Kier alpha value is -1.66. The average molecular weight is 273 g/mol. The van der Waals surface area contributed by atoms with Gasteiger partial charge in [-0.05, 0) is 25.5 Å². The lowest BCUT2D eigenvalue weighted by Gasteiger charge is -2.35. The van der Waals surface area contributed by atoms with Crippen molar-refractivity contribution in [1.29, 1.82) is 0 Å². The van der Waals surface area contributed by atoms with Crippen LogP contribution in [0.1, 0.15) is 12.8 Å². The maximum absolute atomic E-state index is 5.94. The quantitative estimate of drug-likeness (QED) is 0.904. The predicted molar refractivity (Wildman–Crippen MR) is 75.8 cm³/mol. The van der Waals surface area contributed by atoms with Gasteiger partial charge in [-0.25, -0.2) is 9.50 Å². The Labute approximate surface area is 117 Å². The van der Waals surface area contributed by atoms with Crippen LogP contribution >= 0.6 is 0 Å². The third-order valence-corrected chi connectivity index (χ3v) is 4.23.